The number of carbonyl (C=O) groups is 1. The number of rotatable bonds is 6. The number of methoxy groups -OCH3 is 2. The van der Waals surface area contributed by atoms with Crippen LogP contribution in [0.5, 0.6) is 5.75 Å². The molecule has 1 aliphatic heterocycles. The molecule has 5 rings (SSSR count). The van der Waals surface area contributed by atoms with Crippen LogP contribution in [-0.4, -0.2) is 57.3 Å². The van der Waals surface area contributed by atoms with Crippen molar-refractivity contribution in [3.05, 3.63) is 83.9 Å². The van der Waals surface area contributed by atoms with Crippen molar-refractivity contribution in [1.29, 1.82) is 0 Å². The molecular weight excluding hydrogens is 448 g/mol. The largest absolute Gasteiger partial charge is 0.497 e. The molecule has 5 heteroatoms. The maximum absolute atomic E-state index is 11.7. The number of esters is 1. The molecule has 0 aromatic heterocycles. The fourth-order valence-electron chi connectivity index (χ4n) is 5.78. The Balaban J connectivity index is 1.11. The van der Waals surface area contributed by atoms with Gasteiger partial charge in [0.25, 0.3) is 0 Å². The molecule has 0 atom stereocenters. The van der Waals surface area contributed by atoms with E-state index in [2.05, 4.69) is 58.3 Å². The summed E-state index contributed by atoms with van der Waals surface area (Å²) in [6, 6.07) is 25.8. The summed E-state index contributed by atoms with van der Waals surface area (Å²) >= 11 is 0. The van der Waals surface area contributed by atoms with E-state index in [0.717, 1.165) is 49.1 Å². The smallest absolute Gasteiger partial charge is 0.337 e. The second kappa shape index (κ2) is 11.2. The number of piperazine rings is 1. The van der Waals surface area contributed by atoms with Gasteiger partial charge in [-0.25, -0.2) is 4.79 Å². The molecule has 1 saturated carbocycles. The molecule has 36 heavy (non-hydrogen) atoms. The first-order valence-corrected chi connectivity index (χ1v) is 13.1. The predicted octanol–water partition coefficient (Wildman–Crippen LogP) is 6.00. The summed E-state index contributed by atoms with van der Waals surface area (Å²) in [7, 11) is 3.13. The predicted molar refractivity (Wildman–Crippen MR) is 145 cm³/mol. The maximum Gasteiger partial charge on any atom is 0.337 e. The molecule has 0 radical (unpaired) electrons. The van der Waals surface area contributed by atoms with Gasteiger partial charge in [-0.15, -0.1) is 0 Å². The quantitative estimate of drug-likeness (QED) is 0.402. The van der Waals surface area contributed by atoms with Crippen molar-refractivity contribution in [3.63, 3.8) is 0 Å². The number of carbonyl (C=O) groups excluding carboxylic acids is 1. The molecule has 188 valence electrons. The van der Waals surface area contributed by atoms with Crippen LogP contribution in [-0.2, 0) is 4.74 Å². The Morgan fingerprint density at radius 1 is 0.722 bits per heavy atom. The summed E-state index contributed by atoms with van der Waals surface area (Å²) < 4.78 is 10.1. The highest BCUT2D eigenvalue weighted by atomic mass is 16.5. The van der Waals surface area contributed by atoms with E-state index in [9.17, 15) is 4.79 Å². The first kappa shape index (κ1) is 24.4. The minimum Gasteiger partial charge on any atom is -0.497 e. The molecule has 0 N–H and O–H groups in total. The Bertz CT molecular complexity index is 1130. The summed E-state index contributed by atoms with van der Waals surface area (Å²) in [4.78, 5) is 16.9. The Hall–Kier alpha value is -3.31. The lowest BCUT2D eigenvalue weighted by atomic mass is 9.81. The van der Waals surface area contributed by atoms with Crippen LogP contribution >= 0.6 is 0 Å². The van der Waals surface area contributed by atoms with Gasteiger partial charge in [-0.3, -0.25) is 4.90 Å². The topological polar surface area (TPSA) is 42.0 Å². The average molecular weight is 485 g/mol. The number of hydrogen-bond donors (Lipinski definition) is 0. The van der Waals surface area contributed by atoms with Gasteiger partial charge in [0.15, 0.2) is 0 Å². The van der Waals surface area contributed by atoms with Gasteiger partial charge < -0.3 is 14.4 Å². The number of anilines is 1. The first-order valence-electron chi connectivity index (χ1n) is 13.1. The number of benzene rings is 3. The molecule has 1 heterocycles. The van der Waals surface area contributed by atoms with E-state index >= 15 is 0 Å². The highest BCUT2D eigenvalue weighted by molar-refractivity contribution is 5.90. The minimum atomic E-state index is -0.304. The third kappa shape index (κ3) is 5.41. The van der Waals surface area contributed by atoms with Crippen LogP contribution in [0.15, 0.2) is 72.8 Å². The fourth-order valence-corrected chi connectivity index (χ4v) is 5.78. The number of ether oxygens (including phenoxy) is 2. The van der Waals surface area contributed by atoms with E-state index in [1.54, 1.807) is 7.11 Å². The summed E-state index contributed by atoms with van der Waals surface area (Å²) in [5, 5.41) is 0. The molecule has 0 bridgehead atoms. The van der Waals surface area contributed by atoms with Crippen molar-refractivity contribution in [3.8, 4) is 16.9 Å². The summed E-state index contributed by atoms with van der Waals surface area (Å²) in [5.41, 5.74) is 5.58. The van der Waals surface area contributed by atoms with Crippen LogP contribution in [0.1, 0.15) is 47.5 Å². The van der Waals surface area contributed by atoms with Crippen molar-refractivity contribution in [1.82, 2.24) is 4.90 Å². The lowest BCUT2D eigenvalue weighted by molar-refractivity contribution is 0.0600. The van der Waals surface area contributed by atoms with E-state index in [4.69, 9.17) is 9.47 Å². The minimum absolute atomic E-state index is 0.304. The van der Waals surface area contributed by atoms with E-state index < -0.39 is 0 Å². The summed E-state index contributed by atoms with van der Waals surface area (Å²) in [6.45, 7) is 4.42. The molecule has 3 aromatic carbocycles. The Morgan fingerprint density at radius 3 is 1.86 bits per heavy atom. The van der Waals surface area contributed by atoms with E-state index in [1.165, 1.54) is 44.0 Å². The van der Waals surface area contributed by atoms with Crippen LogP contribution in [0.3, 0.4) is 0 Å². The molecule has 1 saturated heterocycles. The second-order valence-corrected chi connectivity index (χ2v) is 9.92. The molecule has 0 amide bonds. The van der Waals surface area contributed by atoms with Crippen LogP contribution < -0.4 is 9.64 Å². The van der Waals surface area contributed by atoms with Crippen LogP contribution in [0, 0.1) is 0 Å². The zero-order valence-electron chi connectivity index (χ0n) is 21.4. The summed E-state index contributed by atoms with van der Waals surface area (Å²) in [6.07, 6.45) is 5.14. The van der Waals surface area contributed by atoms with Gasteiger partial charge in [-0.1, -0.05) is 36.4 Å². The van der Waals surface area contributed by atoms with Gasteiger partial charge in [0, 0.05) is 37.9 Å². The molecule has 3 aromatic rings. The van der Waals surface area contributed by atoms with E-state index in [1.807, 2.05) is 24.3 Å². The van der Waals surface area contributed by atoms with Crippen LogP contribution in [0.4, 0.5) is 5.69 Å². The fraction of sp³-hybridized carbons (Fsp3) is 0.387. The first-order chi connectivity index (χ1) is 17.6. The third-order valence-corrected chi connectivity index (χ3v) is 7.99. The molecule has 0 unspecified atom stereocenters. The van der Waals surface area contributed by atoms with Gasteiger partial charge in [-0.2, -0.15) is 0 Å². The maximum atomic E-state index is 11.7. The highest BCUT2D eigenvalue weighted by Crippen LogP contribution is 2.36. The molecule has 5 nitrogen and oxygen atoms in total. The van der Waals surface area contributed by atoms with Crippen molar-refractivity contribution < 1.29 is 14.3 Å². The monoisotopic (exact) mass is 484 g/mol. The standard InChI is InChI=1S/C31H36N2O3/c1-35-30-17-11-26(12-18-30)25-9-15-29(16-10-25)33-21-19-32(20-22-33)28-13-7-24(8-14-28)23-3-5-27(6-4-23)31(34)36-2/h3-8,11-14,17-18,25,29H,9-10,15-16,19-22H2,1-2H3/t25-,29-. The summed E-state index contributed by atoms with van der Waals surface area (Å²) in [5.74, 6) is 1.32. The molecule has 2 fully saturated rings. The van der Waals surface area contributed by atoms with Gasteiger partial charge in [0.1, 0.15) is 5.75 Å². The average Bonchev–Trinajstić information content (AvgIpc) is 2.97. The van der Waals surface area contributed by atoms with Gasteiger partial charge in [-0.05, 0) is 84.7 Å². The SMILES string of the molecule is COC(=O)c1ccc(-c2ccc(N3CCN([C@H]4CC[C@H](c5ccc(OC)cc5)CC4)CC3)cc2)cc1. The third-order valence-electron chi connectivity index (χ3n) is 7.99. The van der Waals surface area contributed by atoms with Crippen molar-refractivity contribution in [2.45, 2.75) is 37.6 Å². The van der Waals surface area contributed by atoms with Gasteiger partial charge in [0.05, 0.1) is 19.8 Å². The van der Waals surface area contributed by atoms with Crippen molar-refractivity contribution in [2.75, 3.05) is 45.3 Å². The van der Waals surface area contributed by atoms with Crippen molar-refractivity contribution >= 4 is 11.7 Å². The molecule has 0 spiro atoms. The zero-order valence-corrected chi connectivity index (χ0v) is 21.4. The Labute approximate surface area is 214 Å². The van der Waals surface area contributed by atoms with E-state index in [-0.39, 0.29) is 5.97 Å². The number of nitrogens with zero attached hydrogens (tertiary/aromatic N) is 2. The van der Waals surface area contributed by atoms with Crippen LogP contribution in [0.25, 0.3) is 11.1 Å². The second-order valence-electron chi connectivity index (χ2n) is 9.92. The molecule has 1 aliphatic carbocycles. The van der Waals surface area contributed by atoms with Gasteiger partial charge >= 0.3 is 5.97 Å². The number of hydrogen-bond acceptors (Lipinski definition) is 5. The normalized spacial score (nSPS) is 20.7. The van der Waals surface area contributed by atoms with Crippen molar-refractivity contribution in [2.24, 2.45) is 0 Å². The molecular formula is C31H36N2O3. The Morgan fingerprint density at radius 2 is 1.31 bits per heavy atom. The van der Waals surface area contributed by atoms with E-state index in [0.29, 0.717) is 11.5 Å². The lowest BCUT2D eigenvalue weighted by Gasteiger charge is -2.42. The Kier molecular flexibility index (Phi) is 7.57. The van der Waals surface area contributed by atoms with Gasteiger partial charge in [0.2, 0.25) is 0 Å². The molecule has 2 aliphatic rings. The van der Waals surface area contributed by atoms with Crippen LogP contribution in [0.2, 0.25) is 0 Å². The zero-order chi connectivity index (χ0) is 24.9. The lowest BCUT2D eigenvalue weighted by Crippen LogP contribution is -2.51. The highest BCUT2D eigenvalue weighted by Gasteiger charge is 2.29.